The van der Waals surface area contributed by atoms with Crippen molar-refractivity contribution in [2.45, 2.75) is 18.7 Å². The molecule has 0 spiro atoms. The minimum Gasteiger partial charge on any atom is -0.480 e. The number of anilines is 1. The summed E-state index contributed by atoms with van der Waals surface area (Å²) in [6.07, 6.45) is -0.0664. The van der Waals surface area contributed by atoms with E-state index in [4.69, 9.17) is 16.6 Å². The van der Waals surface area contributed by atoms with Gasteiger partial charge in [-0.05, 0) is 6.07 Å². The van der Waals surface area contributed by atoms with Gasteiger partial charge in [0.2, 0.25) is 0 Å². The molecule has 8 nitrogen and oxygen atoms in total. The van der Waals surface area contributed by atoms with Crippen molar-refractivity contribution in [1.82, 2.24) is 9.55 Å². The zero-order valence-electron chi connectivity index (χ0n) is 8.28. The van der Waals surface area contributed by atoms with Crippen molar-refractivity contribution < 1.29 is 15.0 Å². The average Bonchev–Trinajstić information content (AvgIpc) is 2.20. The third-order valence-corrected chi connectivity index (χ3v) is 1.98. The molecule has 0 amide bonds. The van der Waals surface area contributed by atoms with Crippen LogP contribution in [-0.2, 0) is 11.3 Å². The van der Waals surface area contributed by atoms with E-state index < -0.39 is 23.8 Å². The van der Waals surface area contributed by atoms with Gasteiger partial charge >= 0.3 is 11.7 Å². The predicted octanol–water partition coefficient (Wildman–Crippen LogP) is -2.40. The summed E-state index contributed by atoms with van der Waals surface area (Å²) in [4.78, 5) is 25.1. The van der Waals surface area contributed by atoms with Gasteiger partial charge in [0.05, 0.1) is 12.6 Å². The number of carboxylic acids is 1. The van der Waals surface area contributed by atoms with Crippen molar-refractivity contribution in [1.29, 1.82) is 0 Å². The predicted molar refractivity (Wildman–Crippen MR) is 54.5 cm³/mol. The molecule has 0 unspecified atom stereocenters. The van der Waals surface area contributed by atoms with Crippen LogP contribution in [0, 0.1) is 0 Å². The highest BCUT2D eigenvalue weighted by molar-refractivity contribution is 5.73. The molecular weight excluding hydrogens is 216 g/mol. The summed E-state index contributed by atoms with van der Waals surface area (Å²) in [6, 6.07) is -0.0927. The van der Waals surface area contributed by atoms with Gasteiger partial charge in [-0.15, -0.1) is 0 Å². The summed E-state index contributed by atoms with van der Waals surface area (Å²) in [5.41, 5.74) is 9.77. The molecule has 0 aliphatic heterocycles. The van der Waals surface area contributed by atoms with Crippen molar-refractivity contribution in [2.75, 3.05) is 5.73 Å². The molecular formula is C8H12N4O4. The first kappa shape index (κ1) is 12.1. The van der Waals surface area contributed by atoms with Crippen LogP contribution in [0.15, 0.2) is 17.1 Å². The van der Waals surface area contributed by atoms with E-state index in [2.05, 4.69) is 4.98 Å². The Kier molecular flexibility index (Phi) is 3.59. The summed E-state index contributed by atoms with van der Waals surface area (Å²) in [5, 5.41) is 17.9. The summed E-state index contributed by atoms with van der Waals surface area (Å²) in [5.74, 6) is -1.29. The Morgan fingerprint density at radius 1 is 1.62 bits per heavy atom. The Balaban J connectivity index is 2.81. The second-order valence-electron chi connectivity index (χ2n) is 3.22. The molecule has 2 atom stereocenters. The lowest BCUT2D eigenvalue weighted by Gasteiger charge is -2.15. The van der Waals surface area contributed by atoms with Crippen LogP contribution in [-0.4, -0.2) is 37.9 Å². The van der Waals surface area contributed by atoms with Crippen LogP contribution in [0.5, 0.6) is 0 Å². The molecule has 0 bridgehead atoms. The Hall–Kier alpha value is -1.93. The molecule has 6 N–H and O–H groups in total. The van der Waals surface area contributed by atoms with Gasteiger partial charge in [0, 0.05) is 6.20 Å². The largest absolute Gasteiger partial charge is 0.480 e. The molecule has 0 saturated carbocycles. The van der Waals surface area contributed by atoms with Crippen LogP contribution in [0.25, 0.3) is 0 Å². The first-order chi connectivity index (χ1) is 7.41. The van der Waals surface area contributed by atoms with Crippen LogP contribution in [0.1, 0.15) is 0 Å². The average molecular weight is 228 g/mol. The Labute approximate surface area is 90.1 Å². The third kappa shape index (κ3) is 2.78. The standard InChI is InChI=1S/C8H12N4O4/c9-5-1-2-12(8(16)11-5)3-4(13)6(10)7(14)15/h1-2,4,6,13H,3,10H2,(H,14,15)(H2,9,11,16)/t4-,6+/m1/s1. The number of rotatable bonds is 4. The van der Waals surface area contributed by atoms with Crippen LogP contribution in [0.4, 0.5) is 5.82 Å². The van der Waals surface area contributed by atoms with E-state index in [1.807, 2.05) is 0 Å². The number of hydrogen-bond acceptors (Lipinski definition) is 6. The smallest absolute Gasteiger partial charge is 0.349 e. The summed E-state index contributed by atoms with van der Waals surface area (Å²) in [6.45, 7) is -0.250. The van der Waals surface area contributed by atoms with E-state index in [1.54, 1.807) is 0 Å². The molecule has 8 heteroatoms. The maximum atomic E-state index is 11.2. The van der Waals surface area contributed by atoms with E-state index in [9.17, 15) is 14.7 Å². The Morgan fingerprint density at radius 3 is 2.75 bits per heavy atom. The van der Waals surface area contributed by atoms with E-state index in [1.165, 1.54) is 12.3 Å². The molecule has 0 saturated heterocycles. The van der Waals surface area contributed by atoms with Crippen molar-refractivity contribution >= 4 is 11.8 Å². The third-order valence-electron chi connectivity index (χ3n) is 1.98. The second kappa shape index (κ2) is 4.73. The van der Waals surface area contributed by atoms with Crippen LogP contribution in [0.2, 0.25) is 0 Å². The van der Waals surface area contributed by atoms with Crippen LogP contribution < -0.4 is 17.2 Å². The number of carboxylic acid groups (broad SMARTS) is 1. The van der Waals surface area contributed by atoms with E-state index >= 15 is 0 Å². The van der Waals surface area contributed by atoms with E-state index in [-0.39, 0.29) is 12.4 Å². The minimum absolute atomic E-state index is 0.0540. The summed E-state index contributed by atoms with van der Waals surface area (Å²) >= 11 is 0. The molecule has 88 valence electrons. The van der Waals surface area contributed by atoms with E-state index in [0.29, 0.717) is 0 Å². The van der Waals surface area contributed by atoms with Gasteiger partial charge in [-0.25, -0.2) is 4.79 Å². The fraction of sp³-hybridized carbons (Fsp3) is 0.375. The summed E-state index contributed by atoms with van der Waals surface area (Å²) < 4.78 is 1.03. The van der Waals surface area contributed by atoms with Gasteiger partial charge in [0.25, 0.3) is 0 Å². The number of nitrogens with two attached hydrogens (primary N) is 2. The number of nitrogens with zero attached hydrogens (tertiary/aromatic N) is 2. The Morgan fingerprint density at radius 2 is 2.25 bits per heavy atom. The van der Waals surface area contributed by atoms with Gasteiger partial charge in [0.1, 0.15) is 11.9 Å². The zero-order chi connectivity index (χ0) is 12.3. The molecule has 0 fully saturated rings. The number of aliphatic hydroxyl groups is 1. The van der Waals surface area contributed by atoms with Crippen LogP contribution in [0.3, 0.4) is 0 Å². The molecule has 1 rings (SSSR count). The highest BCUT2D eigenvalue weighted by Crippen LogP contribution is 1.96. The number of nitrogen functional groups attached to an aromatic ring is 1. The SMILES string of the molecule is Nc1ccn(C[C@@H](O)[C@H](N)C(=O)O)c(=O)n1. The highest BCUT2D eigenvalue weighted by Gasteiger charge is 2.22. The minimum atomic E-state index is -1.45. The molecule has 1 aromatic rings. The Bertz CT molecular complexity index is 444. The monoisotopic (exact) mass is 228 g/mol. The normalized spacial score (nSPS) is 14.4. The van der Waals surface area contributed by atoms with E-state index in [0.717, 1.165) is 4.57 Å². The fourth-order valence-corrected chi connectivity index (χ4v) is 1.06. The number of aliphatic carboxylic acids is 1. The molecule has 16 heavy (non-hydrogen) atoms. The number of carbonyl (C=O) groups is 1. The van der Waals surface area contributed by atoms with Crippen molar-refractivity contribution in [2.24, 2.45) is 5.73 Å². The van der Waals surface area contributed by atoms with Gasteiger partial charge in [0.15, 0.2) is 0 Å². The fourth-order valence-electron chi connectivity index (χ4n) is 1.06. The number of aliphatic hydroxyl groups excluding tert-OH is 1. The second-order valence-corrected chi connectivity index (χ2v) is 3.22. The van der Waals surface area contributed by atoms with Crippen molar-refractivity contribution in [3.63, 3.8) is 0 Å². The first-order valence-electron chi connectivity index (χ1n) is 4.41. The van der Waals surface area contributed by atoms with Gasteiger partial charge in [-0.2, -0.15) is 4.98 Å². The number of aromatic nitrogens is 2. The van der Waals surface area contributed by atoms with Gasteiger partial charge < -0.3 is 21.7 Å². The molecule has 1 aromatic heterocycles. The van der Waals surface area contributed by atoms with Crippen molar-refractivity contribution in [3.8, 4) is 0 Å². The molecule has 0 aliphatic carbocycles. The summed E-state index contributed by atoms with van der Waals surface area (Å²) in [7, 11) is 0. The first-order valence-corrected chi connectivity index (χ1v) is 4.41. The molecule has 0 radical (unpaired) electrons. The molecule has 1 heterocycles. The van der Waals surface area contributed by atoms with Gasteiger partial charge in [-0.3, -0.25) is 9.36 Å². The maximum Gasteiger partial charge on any atom is 0.349 e. The number of hydrogen-bond donors (Lipinski definition) is 4. The van der Waals surface area contributed by atoms with Crippen LogP contribution >= 0.6 is 0 Å². The van der Waals surface area contributed by atoms with Gasteiger partial charge in [-0.1, -0.05) is 0 Å². The highest BCUT2D eigenvalue weighted by atomic mass is 16.4. The quantitative estimate of drug-likeness (QED) is 0.449. The van der Waals surface area contributed by atoms with Crippen molar-refractivity contribution in [3.05, 3.63) is 22.7 Å². The lowest BCUT2D eigenvalue weighted by Crippen LogP contribution is -2.45. The zero-order valence-corrected chi connectivity index (χ0v) is 8.28. The molecule has 0 aliphatic rings. The maximum absolute atomic E-state index is 11.2. The lowest BCUT2D eigenvalue weighted by atomic mass is 10.2. The lowest BCUT2D eigenvalue weighted by molar-refractivity contribution is -0.141. The topological polar surface area (TPSA) is 144 Å². The molecule has 0 aromatic carbocycles.